The van der Waals surface area contributed by atoms with Gasteiger partial charge in [-0.2, -0.15) is 5.26 Å². The molecule has 0 aliphatic rings. The van der Waals surface area contributed by atoms with Crippen LogP contribution in [0.25, 0.3) is 199 Å². The molecule has 442 valence electrons. The molecule has 6 aromatic heterocycles. The van der Waals surface area contributed by atoms with Crippen LogP contribution in [0.1, 0.15) is 5.56 Å². The number of benzene rings is 15. The maximum absolute atomic E-state index is 13.5. The molecule has 0 saturated carbocycles. The Kier molecular flexibility index (Phi) is 11.0. The molecule has 8 heteroatoms. The number of thiophene rings is 2. The zero-order valence-corrected chi connectivity index (χ0v) is 52.8. The second kappa shape index (κ2) is 20.0. The van der Waals surface area contributed by atoms with Crippen LogP contribution in [0, 0.1) is 17.9 Å². The standard InChI is InChI=1S/C88H48N6S2/c1-90-80-85(92-73-38-14-8-29-60(73)61-30-9-15-39-74(61)92)82(94-76-49-53(56-33-18-23-51-21-2-4-25-54(51)56)43-44-62(76)66-45-46-67-63-31-10-16-41-77(63)95-87(67)83(66)94)70(50-89)81(91-71-36-12-6-27-58(71)59-28-7-13-37-72(59)91)86(80)93-75-40-20-35-65(57-34-19-24-52-22-3-5-26-55(52)57)79(75)69-48-47-68-64-32-11-17-42-78(64)96-88(68)84(69)93/h2-49H. The van der Waals surface area contributed by atoms with Gasteiger partial charge in [0.05, 0.1) is 82.9 Å². The van der Waals surface area contributed by atoms with Crippen LogP contribution in [-0.2, 0) is 0 Å². The van der Waals surface area contributed by atoms with E-state index in [9.17, 15) is 11.8 Å². The van der Waals surface area contributed by atoms with Gasteiger partial charge in [-0.3, -0.25) is 0 Å². The van der Waals surface area contributed by atoms with Crippen molar-refractivity contribution in [2.75, 3.05) is 0 Å². The molecule has 0 fully saturated rings. The van der Waals surface area contributed by atoms with E-state index in [2.05, 4.69) is 316 Å². The monoisotopic (exact) mass is 1250 g/mol. The molecular formula is C88H48N6S2. The van der Waals surface area contributed by atoms with Crippen LogP contribution in [0.5, 0.6) is 0 Å². The van der Waals surface area contributed by atoms with Crippen LogP contribution in [-0.4, -0.2) is 18.3 Å². The Morgan fingerprint density at radius 1 is 0.302 bits per heavy atom. The zero-order chi connectivity index (χ0) is 63.0. The van der Waals surface area contributed by atoms with E-state index >= 15 is 0 Å². The van der Waals surface area contributed by atoms with Crippen molar-refractivity contribution in [2.24, 2.45) is 0 Å². The Morgan fingerprint density at radius 2 is 0.688 bits per heavy atom. The number of hydrogen-bond acceptors (Lipinski definition) is 3. The van der Waals surface area contributed by atoms with Crippen LogP contribution >= 0.6 is 22.7 Å². The molecule has 15 aromatic carbocycles. The van der Waals surface area contributed by atoms with Crippen LogP contribution in [0.3, 0.4) is 0 Å². The van der Waals surface area contributed by atoms with Crippen molar-refractivity contribution in [1.82, 2.24) is 18.3 Å². The van der Waals surface area contributed by atoms with Gasteiger partial charge < -0.3 is 18.3 Å². The first kappa shape index (κ1) is 53.0. The van der Waals surface area contributed by atoms with Gasteiger partial charge >= 0.3 is 0 Å². The molecule has 0 aliphatic carbocycles. The van der Waals surface area contributed by atoms with Crippen molar-refractivity contribution in [3.63, 3.8) is 0 Å². The molecule has 6 nitrogen and oxygen atoms in total. The minimum Gasteiger partial charge on any atom is -0.317 e. The predicted molar refractivity (Wildman–Crippen MR) is 406 cm³/mol. The molecule has 0 radical (unpaired) electrons. The fourth-order valence-corrected chi connectivity index (χ4v) is 19.0. The number of nitriles is 1. The zero-order valence-electron chi connectivity index (χ0n) is 51.2. The minimum absolute atomic E-state index is 0.392. The summed E-state index contributed by atoms with van der Waals surface area (Å²) >= 11 is 3.57. The third kappa shape index (κ3) is 7.10. The molecule has 6 heterocycles. The summed E-state index contributed by atoms with van der Waals surface area (Å²) in [5.41, 5.74) is 15.0. The maximum Gasteiger partial charge on any atom is 0.238 e. The highest BCUT2D eigenvalue weighted by Crippen LogP contribution is 2.55. The predicted octanol–water partition coefficient (Wildman–Crippen LogP) is 24.9. The molecule has 0 saturated heterocycles. The molecule has 0 aliphatic heterocycles. The lowest BCUT2D eigenvalue weighted by Crippen LogP contribution is -2.14. The Bertz CT molecular complexity index is 6850. The quantitative estimate of drug-likeness (QED) is 0.153. The molecule has 0 bridgehead atoms. The van der Waals surface area contributed by atoms with Gasteiger partial charge in [0.2, 0.25) is 5.69 Å². The van der Waals surface area contributed by atoms with Crippen molar-refractivity contribution in [3.8, 4) is 51.1 Å². The third-order valence-corrected chi connectivity index (χ3v) is 22.8. The molecule has 96 heavy (non-hydrogen) atoms. The minimum atomic E-state index is 0.392. The molecule has 0 N–H and O–H groups in total. The summed E-state index contributed by atoms with van der Waals surface area (Å²) in [7, 11) is 0. The van der Waals surface area contributed by atoms with Gasteiger partial charge in [-0.1, -0.05) is 243 Å². The van der Waals surface area contributed by atoms with E-state index in [0.717, 1.165) is 151 Å². The van der Waals surface area contributed by atoms with E-state index in [1.54, 1.807) is 22.7 Å². The molecule has 0 amide bonds. The van der Waals surface area contributed by atoms with Crippen LogP contribution in [0.2, 0.25) is 0 Å². The third-order valence-electron chi connectivity index (χ3n) is 20.4. The van der Waals surface area contributed by atoms with E-state index in [1.807, 2.05) is 0 Å². The van der Waals surface area contributed by atoms with Crippen molar-refractivity contribution < 1.29 is 0 Å². The highest BCUT2D eigenvalue weighted by atomic mass is 32.1. The van der Waals surface area contributed by atoms with E-state index in [-0.39, 0.29) is 0 Å². The van der Waals surface area contributed by atoms with E-state index in [1.165, 1.54) is 20.2 Å². The number of nitrogens with zero attached hydrogens (tertiary/aromatic N) is 6. The van der Waals surface area contributed by atoms with Crippen LogP contribution < -0.4 is 0 Å². The summed E-state index contributed by atoms with van der Waals surface area (Å²) in [6.45, 7) is 10.5. The second-order valence-corrected chi connectivity index (χ2v) is 27.2. The fourth-order valence-electron chi connectivity index (χ4n) is 16.5. The summed E-state index contributed by atoms with van der Waals surface area (Å²) < 4.78 is 14.0. The van der Waals surface area contributed by atoms with Crippen LogP contribution in [0.15, 0.2) is 291 Å². The van der Waals surface area contributed by atoms with Gasteiger partial charge in [-0.15, -0.1) is 22.7 Å². The Hall–Kier alpha value is -12.6. The van der Waals surface area contributed by atoms with E-state index < -0.39 is 0 Å². The molecular weight excluding hydrogens is 1210 g/mol. The Labute approximate surface area is 556 Å². The first-order valence-corrected chi connectivity index (χ1v) is 34.0. The van der Waals surface area contributed by atoms with Crippen molar-refractivity contribution >= 4 is 177 Å². The summed E-state index contributed by atoms with van der Waals surface area (Å²) in [5.74, 6) is 0. The summed E-state index contributed by atoms with van der Waals surface area (Å²) in [4.78, 5) is 5.17. The molecule has 21 rings (SSSR count). The van der Waals surface area contributed by atoms with Gasteiger partial charge in [0.15, 0.2) is 0 Å². The smallest absolute Gasteiger partial charge is 0.238 e. The van der Waals surface area contributed by atoms with E-state index in [0.29, 0.717) is 34.0 Å². The molecule has 0 atom stereocenters. The van der Waals surface area contributed by atoms with Crippen molar-refractivity contribution in [2.45, 2.75) is 0 Å². The number of para-hydroxylation sites is 4. The number of fused-ring (bicyclic) bond motifs is 22. The first-order valence-electron chi connectivity index (χ1n) is 32.3. The van der Waals surface area contributed by atoms with Crippen molar-refractivity contribution in [1.29, 1.82) is 5.26 Å². The highest BCUT2D eigenvalue weighted by molar-refractivity contribution is 7.27. The second-order valence-electron chi connectivity index (χ2n) is 25.1. The maximum atomic E-state index is 13.5. The lowest BCUT2D eigenvalue weighted by molar-refractivity contribution is 1.04. The topological polar surface area (TPSA) is 47.9 Å². The lowest BCUT2D eigenvalue weighted by Gasteiger charge is -2.27. The van der Waals surface area contributed by atoms with Gasteiger partial charge in [-0.25, -0.2) is 4.85 Å². The highest BCUT2D eigenvalue weighted by Gasteiger charge is 2.36. The molecule has 21 aromatic rings. The SMILES string of the molecule is [C-]#[N+]c1c(-n2c3ccccc3c3ccccc32)c(-n2c3cc(-c4cccc5ccccc45)ccc3c3ccc4c5ccccc5sc4c32)c(C#N)c(-n2c3ccccc3c3ccccc32)c1-n1c2cccc(-c3cccc4ccccc34)c2c2ccc3c4ccccc4sc3c21. The lowest BCUT2D eigenvalue weighted by atomic mass is 9.94. The Balaban J connectivity index is 1.06. The number of rotatable bonds is 6. The van der Waals surface area contributed by atoms with Crippen LogP contribution in [0.4, 0.5) is 5.69 Å². The summed E-state index contributed by atoms with van der Waals surface area (Å²) in [6, 6.07) is 108. The number of hydrogen-bond donors (Lipinski definition) is 0. The number of aromatic nitrogens is 4. The summed E-state index contributed by atoms with van der Waals surface area (Å²) in [6.07, 6.45) is 0. The summed E-state index contributed by atoms with van der Waals surface area (Å²) in [5, 5.41) is 31.1. The largest absolute Gasteiger partial charge is 0.317 e. The fraction of sp³-hybridized carbons (Fsp3) is 0. The average Bonchev–Trinajstić information content (AvgIpc) is 1.46. The van der Waals surface area contributed by atoms with Crippen molar-refractivity contribution in [3.05, 3.63) is 308 Å². The van der Waals surface area contributed by atoms with Gasteiger partial charge in [0.25, 0.3) is 0 Å². The average molecular weight is 1250 g/mol. The van der Waals surface area contributed by atoms with Gasteiger partial charge in [0.1, 0.15) is 11.6 Å². The first-order chi connectivity index (χ1) is 47.6. The molecule has 0 spiro atoms. The van der Waals surface area contributed by atoms with Gasteiger partial charge in [0, 0.05) is 74.0 Å². The normalized spacial score (nSPS) is 12.1. The Morgan fingerprint density at radius 3 is 1.26 bits per heavy atom. The van der Waals surface area contributed by atoms with E-state index in [4.69, 9.17) is 4.85 Å². The molecule has 0 unspecified atom stereocenters. The van der Waals surface area contributed by atoms with Gasteiger partial charge in [-0.05, 0) is 92.3 Å².